The highest BCUT2D eigenvalue weighted by atomic mass is 16.5. The first-order valence-electron chi connectivity index (χ1n) is 9.44. The Balaban J connectivity index is 1.34. The number of carbonyl (C=O) groups excluding carboxylic acids is 3. The summed E-state index contributed by atoms with van der Waals surface area (Å²) in [7, 11) is 0. The normalized spacial score (nSPS) is 16.8. The number of hydrogen-bond donors (Lipinski definition) is 1. The molecule has 1 aliphatic carbocycles. The third-order valence-electron chi connectivity index (χ3n) is 5.03. The average Bonchev–Trinajstić information content (AvgIpc) is 3.39. The summed E-state index contributed by atoms with van der Waals surface area (Å²) < 4.78 is 5.24. The Morgan fingerprint density at radius 2 is 1.68 bits per heavy atom. The molecular weight excluding hydrogens is 360 g/mol. The van der Waals surface area contributed by atoms with Crippen LogP contribution < -0.4 is 5.32 Å². The number of carbonyl (C=O) groups is 3. The maximum Gasteiger partial charge on any atom is 0.312 e. The molecule has 146 valence electrons. The molecule has 1 aromatic heterocycles. The van der Waals surface area contributed by atoms with Gasteiger partial charge in [0.15, 0.2) is 0 Å². The summed E-state index contributed by atoms with van der Waals surface area (Å²) in [6.07, 6.45) is 1.87. The number of aromatic nitrogens is 1. The molecule has 1 aliphatic heterocycles. The highest BCUT2D eigenvalue weighted by Gasteiger charge is 2.32. The molecule has 8 nitrogen and oxygen atoms in total. The Kier molecular flexibility index (Phi) is 4.85. The minimum atomic E-state index is -0.555. The Hall–Kier alpha value is -3.16. The molecule has 0 bridgehead atoms. The van der Waals surface area contributed by atoms with Crippen LogP contribution in [0.4, 0.5) is 0 Å². The van der Waals surface area contributed by atoms with Gasteiger partial charge >= 0.3 is 11.8 Å². The maximum atomic E-state index is 12.7. The van der Waals surface area contributed by atoms with E-state index < -0.39 is 11.8 Å². The summed E-state index contributed by atoms with van der Waals surface area (Å²) in [4.78, 5) is 39.8. The van der Waals surface area contributed by atoms with Crippen molar-refractivity contribution in [3.8, 4) is 11.3 Å². The fourth-order valence-corrected chi connectivity index (χ4v) is 3.12. The van der Waals surface area contributed by atoms with Crippen molar-refractivity contribution in [2.24, 2.45) is 0 Å². The van der Waals surface area contributed by atoms with E-state index in [1.165, 1.54) is 4.90 Å². The lowest BCUT2D eigenvalue weighted by molar-refractivity contribution is -0.146. The zero-order valence-corrected chi connectivity index (χ0v) is 15.7. The van der Waals surface area contributed by atoms with Crippen LogP contribution in [-0.4, -0.2) is 64.9 Å². The first kappa shape index (κ1) is 18.2. The van der Waals surface area contributed by atoms with Crippen LogP contribution in [0.15, 0.2) is 34.9 Å². The van der Waals surface area contributed by atoms with Crippen molar-refractivity contribution >= 4 is 17.7 Å². The quantitative estimate of drug-likeness (QED) is 0.805. The fourth-order valence-electron chi connectivity index (χ4n) is 3.12. The summed E-state index contributed by atoms with van der Waals surface area (Å²) >= 11 is 0. The number of benzene rings is 1. The average molecular weight is 382 g/mol. The van der Waals surface area contributed by atoms with Gasteiger partial charge < -0.3 is 19.6 Å². The Labute approximate surface area is 162 Å². The van der Waals surface area contributed by atoms with E-state index in [4.69, 9.17) is 4.52 Å². The van der Waals surface area contributed by atoms with E-state index in [0.29, 0.717) is 31.9 Å². The summed E-state index contributed by atoms with van der Waals surface area (Å²) in [6.45, 7) is 3.34. The monoisotopic (exact) mass is 382 g/mol. The summed E-state index contributed by atoms with van der Waals surface area (Å²) in [6, 6.07) is 9.58. The zero-order valence-electron chi connectivity index (χ0n) is 15.7. The molecule has 2 fully saturated rings. The lowest BCUT2D eigenvalue weighted by Gasteiger charge is -2.33. The predicted octanol–water partition coefficient (Wildman–Crippen LogP) is 1.21. The lowest BCUT2D eigenvalue weighted by Crippen LogP contribution is -2.54. The van der Waals surface area contributed by atoms with Crippen LogP contribution in [0, 0.1) is 6.92 Å². The van der Waals surface area contributed by atoms with Crippen LogP contribution in [0.2, 0.25) is 0 Å². The number of nitrogens with one attached hydrogen (secondary N) is 1. The molecule has 1 N–H and O–H groups in total. The molecule has 0 atom stereocenters. The van der Waals surface area contributed by atoms with Gasteiger partial charge in [-0.3, -0.25) is 14.4 Å². The minimum Gasteiger partial charge on any atom is -0.350 e. The lowest BCUT2D eigenvalue weighted by atomic mass is 10.1. The van der Waals surface area contributed by atoms with Crippen LogP contribution in [0.5, 0.6) is 0 Å². The Bertz CT molecular complexity index is 893. The van der Waals surface area contributed by atoms with Crippen LogP contribution in [0.3, 0.4) is 0 Å². The van der Waals surface area contributed by atoms with Gasteiger partial charge in [-0.25, -0.2) is 0 Å². The summed E-state index contributed by atoms with van der Waals surface area (Å²) in [5, 5.41) is 6.69. The zero-order chi connectivity index (χ0) is 19.7. The SMILES string of the molecule is Cc1ccc(-c2cc(C(=O)N3CCN(C(=O)C(=O)NC4CC4)CC3)on2)cc1. The van der Waals surface area contributed by atoms with Gasteiger partial charge in [-0.05, 0) is 19.8 Å². The second-order valence-electron chi connectivity index (χ2n) is 7.27. The first-order chi connectivity index (χ1) is 13.5. The van der Waals surface area contributed by atoms with E-state index in [1.54, 1.807) is 11.0 Å². The van der Waals surface area contributed by atoms with Gasteiger partial charge in [0.25, 0.3) is 5.91 Å². The van der Waals surface area contributed by atoms with Crippen molar-refractivity contribution in [1.29, 1.82) is 0 Å². The molecule has 0 unspecified atom stereocenters. The number of hydrogen-bond acceptors (Lipinski definition) is 5. The van der Waals surface area contributed by atoms with Crippen LogP contribution in [-0.2, 0) is 9.59 Å². The van der Waals surface area contributed by atoms with Gasteiger partial charge in [0, 0.05) is 43.9 Å². The van der Waals surface area contributed by atoms with E-state index in [0.717, 1.165) is 24.0 Å². The van der Waals surface area contributed by atoms with Gasteiger partial charge in [-0.1, -0.05) is 35.0 Å². The Morgan fingerprint density at radius 3 is 2.32 bits per heavy atom. The molecule has 2 heterocycles. The summed E-state index contributed by atoms with van der Waals surface area (Å²) in [5.74, 6) is -1.18. The smallest absolute Gasteiger partial charge is 0.312 e. The first-order valence-corrected chi connectivity index (χ1v) is 9.44. The topological polar surface area (TPSA) is 95.8 Å². The molecule has 1 saturated heterocycles. The fraction of sp³-hybridized carbons (Fsp3) is 0.400. The third kappa shape index (κ3) is 3.90. The molecule has 3 amide bonds. The molecule has 1 aromatic carbocycles. The van der Waals surface area contributed by atoms with Crippen LogP contribution in [0.1, 0.15) is 29.0 Å². The van der Waals surface area contributed by atoms with Gasteiger partial charge in [0.2, 0.25) is 5.76 Å². The number of piperazine rings is 1. The van der Waals surface area contributed by atoms with E-state index >= 15 is 0 Å². The molecule has 0 radical (unpaired) electrons. The van der Waals surface area contributed by atoms with E-state index in [1.807, 2.05) is 31.2 Å². The minimum absolute atomic E-state index is 0.147. The number of amides is 3. The molecule has 28 heavy (non-hydrogen) atoms. The maximum absolute atomic E-state index is 12.7. The van der Waals surface area contributed by atoms with Crippen LogP contribution >= 0.6 is 0 Å². The standard InChI is InChI=1S/C20H22N4O4/c1-13-2-4-14(5-3-13)16-12-17(28-22-16)19(26)23-8-10-24(11-9-23)20(27)18(25)21-15-6-7-15/h2-5,12,15H,6-11H2,1H3,(H,21,25). The largest absolute Gasteiger partial charge is 0.350 e. The van der Waals surface area contributed by atoms with Gasteiger partial charge in [0.1, 0.15) is 5.69 Å². The predicted molar refractivity (Wildman–Crippen MR) is 100 cm³/mol. The van der Waals surface area contributed by atoms with E-state index in [9.17, 15) is 14.4 Å². The molecular formula is C20H22N4O4. The highest BCUT2D eigenvalue weighted by Crippen LogP contribution is 2.21. The molecule has 8 heteroatoms. The van der Waals surface area contributed by atoms with Gasteiger partial charge in [0.05, 0.1) is 0 Å². The van der Waals surface area contributed by atoms with E-state index in [2.05, 4.69) is 10.5 Å². The number of aryl methyl sites for hydroxylation is 1. The highest BCUT2D eigenvalue weighted by molar-refractivity contribution is 6.35. The van der Waals surface area contributed by atoms with Gasteiger partial charge in [-0.15, -0.1) is 0 Å². The summed E-state index contributed by atoms with van der Waals surface area (Å²) in [5.41, 5.74) is 2.63. The van der Waals surface area contributed by atoms with Crippen molar-refractivity contribution in [3.05, 3.63) is 41.7 Å². The second kappa shape index (κ2) is 7.46. The molecule has 0 spiro atoms. The van der Waals surface area contributed by atoms with Gasteiger partial charge in [-0.2, -0.15) is 0 Å². The molecule has 2 aromatic rings. The third-order valence-corrected chi connectivity index (χ3v) is 5.03. The Morgan fingerprint density at radius 1 is 1.04 bits per heavy atom. The number of rotatable bonds is 3. The van der Waals surface area contributed by atoms with Crippen molar-refractivity contribution in [2.45, 2.75) is 25.8 Å². The van der Waals surface area contributed by atoms with Crippen LogP contribution in [0.25, 0.3) is 11.3 Å². The molecule has 1 saturated carbocycles. The second-order valence-corrected chi connectivity index (χ2v) is 7.27. The van der Waals surface area contributed by atoms with Crippen molar-refractivity contribution in [2.75, 3.05) is 26.2 Å². The molecule has 4 rings (SSSR count). The van der Waals surface area contributed by atoms with E-state index in [-0.39, 0.29) is 17.7 Å². The van der Waals surface area contributed by atoms with Crippen molar-refractivity contribution in [1.82, 2.24) is 20.3 Å². The molecule has 2 aliphatic rings. The van der Waals surface area contributed by atoms with Crippen molar-refractivity contribution < 1.29 is 18.9 Å². The van der Waals surface area contributed by atoms with Crippen molar-refractivity contribution in [3.63, 3.8) is 0 Å². The number of nitrogens with zero attached hydrogens (tertiary/aromatic N) is 3.